The topological polar surface area (TPSA) is 61.5 Å². The van der Waals surface area contributed by atoms with E-state index in [4.69, 9.17) is 9.72 Å². The number of aromatic amines is 1. The van der Waals surface area contributed by atoms with E-state index in [0.29, 0.717) is 25.1 Å². The molecule has 0 spiro atoms. The Balaban J connectivity index is 1.50. The fraction of sp³-hybridized carbons (Fsp3) is 0.556. The van der Waals surface area contributed by atoms with E-state index in [1.54, 1.807) is 17.4 Å². The van der Waals surface area contributed by atoms with Crippen LogP contribution in [-0.4, -0.2) is 54.3 Å². The number of thiophene rings is 1. The Labute approximate surface area is 151 Å². The zero-order chi connectivity index (χ0) is 17.1. The summed E-state index contributed by atoms with van der Waals surface area (Å²) in [6.45, 7) is 6.01. The lowest BCUT2D eigenvalue weighted by Gasteiger charge is -2.33. The molecule has 0 aliphatic carbocycles. The van der Waals surface area contributed by atoms with Gasteiger partial charge in [0.15, 0.2) is 0 Å². The van der Waals surface area contributed by atoms with Crippen molar-refractivity contribution in [1.29, 1.82) is 0 Å². The van der Waals surface area contributed by atoms with E-state index >= 15 is 0 Å². The van der Waals surface area contributed by atoms with Crippen LogP contribution in [0.5, 0.6) is 0 Å². The van der Waals surface area contributed by atoms with Crippen LogP contribution in [0.1, 0.15) is 29.3 Å². The molecule has 25 heavy (non-hydrogen) atoms. The van der Waals surface area contributed by atoms with Crippen LogP contribution in [-0.2, 0) is 11.3 Å². The summed E-state index contributed by atoms with van der Waals surface area (Å²) in [5, 5.41) is 2.13. The molecule has 0 saturated carbocycles. The minimum Gasteiger partial charge on any atom is -0.378 e. The third kappa shape index (κ3) is 4.11. The quantitative estimate of drug-likeness (QED) is 0.904. The molecule has 4 heterocycles. The predicted molar refractivity (Wildman–Crippen MR) is 99.5 cm³/mol. The van der Waals surface area contributed by atoms with Crippen LogP contribution in [0.2, 0.25) is 0 Å². The van der Waals surface area contributed by atoms with Crippen LogP contribution in [0.4, 0.5) is 5.95 Å². The third-order valence-electron chi connectivity index (χ3n) is 4.94. The molecule has 1 N–H and O–H groups in total. The average Bonchev–Trinajstić information content (AvgIpc) is 3.15. The fourth-order valence-corrected chi connectivity index (χ4v) is 4.41. The lowest BCUT2D eigenvalue weighted by molar-refractivity contribution is 0.122. The number of ether oxygens (including phenoxy) is 1. The molecular weight excluding hydrogens is 336 g/mol. The number of morpholine rings is 1. The van der Waals surface area contributed by atoms with E-state index in [1.807, 2.05) is 0 Å². The second-order valence-electron chi connectivity index (χ2n) is 6.75. The van der Waals surface area contributed by atoms with Gasteiger partial charge in [-0.05, 0) is 30.8 Å². The van der Waals surface area contributed by atoms with Gasteiger partial charge in [0.1, 0.15) is 0 Å². The van der Waals surface area contributed by atoms with Crippen LogP contribution >= 0.6 is 11.3 Å². The second kappa shape index (κ2) is 7.68. The van der Waals surface area contributed by atoms with Gasteiger partial charge in [-0.25, -0.2) is 4.98 Å². The van der Waals surface area contributed by atoms with Crippen molar-refractivity contribution in [3.8, 4) is 0 Å². The van der Waals surface area contributed by atoms with Gasteiger partial charge < -0.3 is 9.64 Å². The molecule has 1 atom stereocenters. The number of nitrogens with one attached hydrogen (secondary N) is 1. The van der Waals surface area contributed by atoms with Gasteiger partial charge in [-0.1, -0.05) is 6.07 Å². The molecular formula is C18H24N4O2S. The monoisotopic (exact) mass is 360 g/mol. The highest BCUT2D eigenvalue weighted by Crippen LogP contribution is 2.27. The minimum absolute atomic E-state index is 0.0538. The van der Waals surface area contributed by atoms with Crippen molar-refractivity contribution >= 4 is 17.3 Å². The lowest BCUT2D eigenvalue weighted by atomic mass is 9.94. The first-order valence-corrected chi connectivity index (χ1v) is 9.84. The molecule has 0 bridgehead atoms. The molecule has 4 rings (SSSR count). The maximum Gasteiger partial charge on any atom is 0.252 e. The lowest BCUT2D eigenvalue weighted by Crippen LogP contribution is -2.39. The summed E-state index contributed by atoms with van der Waals surface area (Å²) in [5.74, 6) is 1.02. The molecule has 134 valence electrons. The first-order chi connectivity index (χ1) is 12.3. The van der Waals surface area contributed by atoms with Gasteiger partial charge in [0.2, 0.25) is 5.95 Å². The van der Waals surface area contributed by atoms with E-state index in [-0.39, 0.29) is 5.56 Å². The van der Waals surface area contributed by atoms with Crippen LogP contribution in [0.3, 0.4) is 0 Å². The number of H-pyrrole nitrogens is 1. The number of rotatable bonds is 4. The van der Waals surface area contributed by atoms with E-state index in [2.05, 4.69) is 32.3 Å². The maximum atomic E-state index is 12.2. The average molecular weight is 360 g/mol. The highest BCUT2D eigenvalue weighted by molar-refractivity contribution is 7.09. The molecule has 1 unspecified atom stereocenters. The summed E-state index contributed by atoms with van der Waals surface area (Å²) in [7, 11) is 0. The van der Waals surface area contributed by atoms with Crippen LogP contribution in [0, 0.1) is 0 Å². The van der Waals surface area contributed by atoms with Gasteiger partial charge in [0.25, 0.3) is 5.56 Å². The van der Waals surface area contributed by atoms with Gasteiger partial charge in [0, 0.05) is 43.0 Å². The zero-order valence-corrected chi connectivity index (χ0v) is 15.1. The largest absolute Gasteiger partial charge is 0.378 e. The molecule has 2 fully saturated rings. The van der Waals surface area contributed by atoms with E-state index in [1.165, 1.54) is 4.88 Å². The van der Waals surface area contributed by atoms with Gasteiger partial charge >= 0.3 is 0 Å². The molecule has 2 saturated heterocycles. The van der Waals surface area contributed by atoms with Gasteiger partial charge in [-0.15, -0.1) is 11.3 Å². The van der Waals surface area contributed by atoms with Crippen molar-refractivity contribution < 1.29 is 4.74 Å². The molecule has 6 nitrogen and oxygen atoms in total. The van der Waals surface area contributed by atoms with Crippen molar-refractivity contribution in [2.24, 2.45) is 0 Å². The highest BCUT2D eigenvalue weighted by Gasteiger charge is 2.24. The number of nitrogens with zero attached hydrogens (tertiary/aromatic N) is 3. The minimum atomic E-state index is -0.0538. The van der Waals surface area contributed by atoms with Gasteiger partial charge in [-0.2, -0.15) is 0 Å². The summed E-state index contributed by atoms with van der Waals surface area (Å²) < 4.78 is 5.39. The number of likely N-dealkylation sites (tertiary alicyclic amines) is 1. The first kappa shape index (κ1) is 16.8. The summed E-state index contributed by atoms with van der Waals surface area (Å²) >= 11 is 1.81. The van der Waals surface area contributed by atoms with Crippen molar-refractivity contribution in [2.45, 2.75) is 25.3 Å². The summed E-state index contributed by atoms with van der Waals surface area (Å²) in [5.41, 5.74) is 0.878. The number of piperidine rings is 1. The van der Waals surface area contributed by atoms with Gasteiger partial charge in [0.05, 0.1) is 18.9 Å². The van der Waals surface area contributed by atoms with Crippen molar-refractivity contribution in [1.82, 2.24) is 14.9 Å². The summed E-state index contributed by atoms with van der Waals surface area (Å²) in [4.78, 5) is 25.9. The molecule has 2 aromatic rings. The SMILES string of the molecule is O=c1cc(C2CCCN(Cc3cccs3)C2)nc(N2CCOCC2)[nH]1. The zero-order valence-electron chi connectivity index (χ0n) is 14.3. The maximum absolute atomic E-state index is 12.2. The first-order valence-electron chi connectivity index (χ1n) is 8.96. The molecule has 2 aliphatic heterocycles. The van der Waals surface area contributed by atoms with E-state index in [0.717, 1.165) is 51.3 Å². The van der Waals surface area contributed by atoms with Crippen LogP contribution in [0.25, 0.3) is 0 Å². The smallest absolute Gasteiger partial charge is 0.252 e. The Kier molecular flexibility index (Phi) is 5.14. The molecule has 0 amide bonds. The standard InChI is InChI=1S/C18H24N4O2S/c23-17-11-16(19-18(20-17)22-6-8-24-9-7-22)14-3-1-5-21(12-14)13-15-4-2-10-25-15/h2,4,10-11,14H,1,3,5-9,12-13H2,(H,19,20,23). The third-order valence-corrected chi connectivity index (χ3v) is 5.80. The molecule has 2 aliphatic rings. The Morgan fingerprint density at radius 2 is 2.20 bits per heavy atom. The Morgan fingerprint density at radius 1 is 1.32 bits per heavy atom. The van der Waals surface area contributed by atoms with E-state index < -0.39 is 0 Å². The Hall–Kier alpha value is -1.70. The molecule has 0 radical (unpaired) electrons. The second-order valence-corrected chi connectivity index (χ2v) is 7.78. The molecule has 0 aromatic carbocycles. The van der Waals surface area contributed by atoms with Crippen LogP contribution < -0.4 is 10.5 Å². The predicted octanol–water partition coefficient (Wildman–Crippen LogP) is 2.05. The fourth-order valence-electron chi connectivity index (χ4n) is 3.66. The van der Waals surface area contributed by atoms with Crippen molar-refractivity contribution in [3.05, 3.63) is 44.5 Å². The van der Waals surface area contributed by atoms with Crippen molar-refractivity contribution in [3.63, 3.8) is 0 Å². The number of anilines is 1. The molecule has 2 aromatic heterocycles. The number of hydrogen-bond acceptors (Lipinski definition) is 6. The van der Waals surface area contributed by atoms with Crippen LogP contribution in [0.15, 0.2) is 28.4 Å². The van der Waals surface area contributed by atoms with Crippen molar-refractivity contribution in [2.75, 3.05) is 44.3 Å². The number of hydrogen-bond donors (Lipinski definition) is 1. The number of aromatic nitrogens is 2. The Morgan fingerprint density at radius 3 is 3.00 bits per heavy atom. The Bertz CT molecular complexity index is 740. The van der Waals surface area contributed by atoms with E-state index in [9.17, 15) is 4.79 Å². The highest BCUT2D eigenvalue weighted by atomic mass is 32.1. The summed E-state index contributed by atoms with van der Waals surface area (Å²) in [6, 6.07) is 5.98. The van der Waals surface area contributed by atoms with Gasteiger partial charge in [-0.3, -0.25) is 14.7 Å². The summed E-state index contributed by atoms with van der Waals surface area (Å²) in [6.07, 6.45) is 2.25. The molecule has 7 heteroatoms. The normalized spacial score (nSPS) is 22.2.